The van der Waals surface area contributed by atoms with Gasteiger partial charge in [-0.2, -0.15) is 5.10 Å². The van der Waals surface area contributed by atoms with Gasteiger partial charge in [0.15, 0.2) is 5.82 Å². The topological polar surface area (TPSA) is 100 Å². The Bertz CT molecular complexity index is 573. The highest BCUT2D eigenvalue weighted by Gasteiger charge is 2.52. The minimum atomic E-state index is 0.0488. The maximum Gasteiger partial charge on any atom is 0.167 e. The van der Waals surface area contributed by atoms with Crippen molar-refractivity contribution in [3.8, 4) is 0 Å². The third kappa shape index (κ3) is 1.62. The van der Waals surface area contributed by atoms with Gasteiger partial charge in [-0.25, -0.2) is 9.99 Å². The Morgan fingerprint density at radius 2 is 2.30 bits per heavy atom. The molecule has 0 amide bonds. The molecule has 2 bridgehead atoms. The van der Waals surface area contributed by atoms with Gasteiger partial charge in [-0.05, 0) is 19.3 Å². The first kappa shape index (κ1) is 11.8. The molecule has 2 fully saturated rings. The van der Waals surface area contributed by atoms with E-state index in [0.717, 1.165) is 19.3 Å². The number of hydrogen-bond donors (Lipinski definition) is 2. The number of amidine groups is 1. The summed E-state index contributed by atoms with van der Waals surface area (Å²) in [6.07, 6.45) is 8.39. The maximum absolute atomic E-state index is 7.76. The number of hydrogen-bond acceptors (Lipinski definition) is 6. The zero-order valence-corrected chi connectivity index (χ0v) is 10.9. The number of ether oxygens (including phenoxy) is 1. The van der Waals surface area contributed by atoms with Gasteiger partial charge in [0.1, 0.15) is 11.5 Å². The molecular formula is C13H16N6O. The Hall–Kier alpha value is -2.02. The van der Waals surface area contributed by atoms with E-state index in [1.54, 1.807) is 18.6 Å². The van der Waals surface area contributed by atoms with E-state index in [1.165, 1.54) is 0 Å². The SMILES string of the molecule is N=C(N)C1=NN(c2cnccn2)C2C3CCC(CC12)O3. The van der Waals surface area contributed by atoms with E-state index in [-0.39, 0.29) is 30.0 Å². The van der Waals surface area contributed by atoms with Crippen LogP contribution in [-0.2, 0) is 4.74 Å². The van der Waals surface area contributed by atoms with Crippen molar-refractivity contribution in [2.75, 3.05) is 5.01 Å². The Morgan fingerprint density at radius 3 is 3.05 bits per heavy atom. The first-order valence-electron chi connectivity index (χ1n) is 6.87. The van der Waals surface area contributed by atoms with Gasteiger partial charge in [0.2, 0.25) is 0 Å². The van der Waals surface area contributed by atoms with Crippen LogP contribution in [0.25, 0.3) is 0 Å². The summed E-state index contributed by atoms with van der Waals surface area (Å²) in [5.41, 5.74) is 6.37. The first-order chi connectivity index (χ1) is 9.74. The van der Waals surface area contributed by atoms with E-state index in [2.05, 4.69) is 15.1 Å². The Labute approximate surface area is 116 Å². The fraction of sp³-hybridized carbons (Fsp3) is 0.538. The van der Waals surface area contributed by atoms with Crippen LogP contribution in [0.5, 0.6) is 0 Å². The molecule has 4 rings (SSSR count). The van der Waals surface area contributed by atoms with Crippen molar-refractivity contribution in [3.63, 3.8) is 0 Å². The highest BCUT2D eigenvalue weighted by Crippen LogP contribution is 2.43. The van der Waals surface area contributed by atoms with Crippen molar-refractivity contribution in [3.05, 3.63) is 18.6 Å². The van der Waals surface area contributed by atoms with Crippen LogP contribution in [0.3, 0.4) is 0 Å². The second kappa shape index (κ2) is 4.24. The predicted octanol–water partition coefficient (Wildman–Crippen LogP) is 0.525. The molecule has 0 aromatic carbocycles. The third-order valence-electron chi connectivity index (χ3n) is 4.36. The second-order valence-corrected chi connectivity index (χ2v) is 5.51. The van der Waals surface area contributed by atoms with Crippen LogP contribution >= 0.6 is 0 Å². The van der Waals surface area contributed by atoms with Crippen LogP contribution in [0.2, 0.25) is 0 Å². The van der Waals surface area contributed by atoms with Crippen LogP contribution in [0.1, 0.15) is 19.3 Å². The van der Waals surface area contributed by atoms with Crippen LogP contribution < -0.4 is 10.7 Å². The monoisotopic (exact) mass is 272 g/mol. The lowest BCUT2D eigenvalue weighted by molar-refractivity contribution is -0.0182. The molecule has 3 N–H and O–H groups in total. The van der Waals surface area contributed by atoms with Gasteiger partial charge >= 0.3 is 0 Å². The van der Waals surface area contributed by atoms with E-state index >= 15 is 0 Å². The predicted molar refractivity (Wildman–Crippen MR) is 73.7 cm³/mol. The molecule has 1 aromatic rings. The minimum absolute atomic E-state index is 0.0488. The number of nitrogens with zero attached hydrogens (tertiary/aromatic N) is 4. The lowest BCUT2D eigenvalue weighted by Crippen LogP contribution is -2.48. The van der Waals surface area contributed by atoms with Crippen molar-refractivity contribution >= 4 is 17.4 Å². The van der Waals surface area contributed by atoms with E-state index in [0.29, 0.717) is 11.5 Å². The second-order valence-electron chi connectivity index (χ2n) is 5.51. The molecule has 7 heteroatoms. The quantitative estimate of drug-likeness (QED) is 0.604. The lowest BCUT2D eigenvalue weighted by atomic mass is 9.86. The summed E-state index contributed by atoms with van der Waals surface area (Å²) >= 11 is 0. The average molecular weight is 272 g/mol. The van der Waals surface area contributed by atoms with Crippen LogP contribution in [-0.4, -0.2) is 39.8 Å². The zero-order valence-electron chi connectivity index (χ0n) is 10.9. The van der Waals surface area contributed by atoms with Crippen molar-refractivity contribution in [1.82, 2.24) is 9.97 Å². The largest absolute Gasteiger partial charge is 0.383 e. The van der Waals surface area contributed by atoms with Gasteiger partial charge in [0.25, 0.3) is 0 Å². The summed E-state index contributed by atoms with van der Waals surface area (Å²) in [6, 6.07) is 0.0874. The smallest absolute Gasteiger partial charge is 0.167 e. The summed E-state index contributed by atoms with van der Waals surface area (Å²) in [5.74, 6) is 0.904. The Kier molecular flexibility index (Phi) is 2.50. The number of rotatable bonds is 2. The lowest BCUT2D eigenvalue weighted by Gasteiger charge is -2.35. The summed E-state index contributed by atoms with van der Waals surface area (Å²) in [5, 5.41) is 14.1. The number of nitrogens with one attached hydrogen (secondary N) is 1. The molecule has 4 atom stereocenters. The van der Waals surface area contributed by atoms with Gasteiger partial charge in [-0.15, -0.1) is 0 Å². The number of aromatic nitrogens is 2. The van der Waals surface area contributed by atoms with Crippen molar-refractivity contribution < 1.29 is 4.74 Å². The molecule has 4 unspecified atom stereocenters. The molecule has 20 heavy (non-hydrogen) atoms. The van der Waals surface area contributed by atoms with Gasteiger partial charge in [0, 0.05) is 18.3 Å². The van der Waals surface area contributed by atoms with E-state index in [1.807, 2.05) is 5.01 Å². The summed E-state index contributed by atoms with van der Waals surface area (Å²) in [6.45, 7) is 0. The molecule has 104 valence electrons. The number of hydrazone groups is 1. The fourth-order valence-electron chi connectivity index (χ4n) is 3.57. The molecular weight excluding hydrogens is 256 g/mol. The van der Waals surface area contributed by atoms with Crippen molar-refractivity contribution in [2.45, 2.75) is 37.5 Å². The Balaban J connectivity index is 1.76. The van der Waals surface area contributed by atoms with Gasteiger partial charge in [-0.1, -0.05) is 0 Å². The molecule has 0 aliphatic carbocycles. The normalized spacial score (nSPS) is 34.8. The number of fused-ring (bicyclic) bond motifs is 4. The molecule has 1 aromatic heterocycles. The van der Waals surface area contributed by atoms with Gasteiger partial charge in [0.05, 0.1) is 24.4 Å². The maximum atomic E-state index is 7.76. The first-order valence-corrected chi connectivity index (χ1v) is 6.87. The Morgan fingerprint density at radius 1 is 1.40 bits per heavy atom. The molecule has 3 aliphatic heterocycles. The minimum Gasteiger partial charge on any atom is -0.383 e. The molecule has 2 saturated heterocycles. The molecule has 0 radical (unpaired) electrons. The van der Waals surface area contributed by atoms with Gasteiger partial charge in [-0.3, -0.25) is 10.4 Å². The molecule has 0 saturated carbocycles. The highest BCUT2D eigenvalue weighted by atomic mass is 16.5. The third-order valence-corrected chi connectivity index (χ3v) is 4.36. The number of anilines is 1. The van der Waals surface area contributed by atoms with Crippen molar-refractivity contribution in [2.24, 2.45) is 16.8 Å². The summed E-state index contributed by atoms with van der Waals surface area (Å²) < 4.78 is 6.02. The standard InChI is InChI=1S/C13H16N6O/c14-13(15)11-8-5-7-1-2-9(20-7)12(8)19(18-11)10-6-16-3-4-17-10/h3-4,6-9,12H,1-2,5H2,(H3,14,15). The summed E-state index contributed by atoms with van der Waals surface area (Å²) in [4.78, 5) is 8.42. The fourth-order valence-corrected chi connectivity index (χ4v) is 3.57. The zero-order chi connectivity index (χ0) is 13.7. The van der Waals surface area contributed by atoms with Crippen LogP contribution in [0, 0.1) is 11.3 Å². The number of nitrogens with two attached hydrogens (primary N) is 1. The molecule has 7 nitrogen and oxygen atoms in total. The molecule has 3 aliphatic rings. The summed E-state index contributed by atoms with van der Waals surface area (Å²) in [7, 11) is 0. The van der Waals surface area contributed by atoms with Crippen LogP contribution in [0.4, 0.5) is 5.82 Å². The van der Waals surface area contributed by atoms with Crippen LogP contribution in [0.15, 0.2) is 23.7 Å². The van der Waals surface area contributed by atoms with E-state index < -0.39 is 0 Å². The van der Waals surface area contributed by atoms with Gasteiger partial charge < -0.3 is 10.5 Å². The molecule has 0 spiro atoms. The highest BCUT2D eigenvalue weighted by molar-refractivity contribution is 6.41. The van der Waals surface area contributed by atoms with E-state index in [9.17, 15) is 0 Å². The van der Waals surface area contributed by atoms with E-state index in [4.69, 9.17) is 15.9 Å². The average Bonchev–Trinajstić information content (AvgIpc) is 3.03. The molecule has 4 heterocycles. The van der Waals surface area contributed by atoms with Crippen molar-refractivity contribution in [1.29, 1.82) is 5.41 Å².